The third kappa shape index (κ3) is 3.55. The summed E-state index contributed by atoms with van der Waals surface area (Å²) >= 11 is 0. The molecule has 2 aromatic carbocycles. The molecule has 0 atom stereocenters. The van der Waals surface area contributed by atoms with Gasteiger partial charge in [-0.05, 0) is 55.7 Å². The van der Waals surface area contributed by atoms with Crippen molar-refractivity contribution in [2.24, 2.45) is 0 Å². The van der Waals surface area contributed by atoms with E-state index in [1.165, 1.54) is 27.6 Å². The predicted octanol–water partition coefficient (Wildman–Crippen LogP) is 3.26. The lowest BCUT2D eigenvalue weighted by atomic mass is 10.1. The zero-order chi connectivity index (χ0) is 18.2. The molecule has 0 N–H and O–H groups in total. The maximum Gasteiger partial charge on any atom is 0.243 e. The second-order valence-corrected chi connectivity index (χ2v) is 8.50. The molecule has 134 valence electrons. The smallest absolute Gasteiger partial charge is 0.243 e. The average Bonchev–Trinajstić information content (AvgIpc) is 2.59. The lowest BCUT2D eigenvalue weighted by molar-refractivity contribution is 0.384. The zero-order valence-corrected chi connectivity index (χ0v) is 15.6. The predicted molar refractivity (Wildman–Crippen MR) is 98.0 cm³/mol. The summed E-state index contributed by atoms with van der Waals surface area (Å²) in [5, 5.41) is 0. The van der Waals surface area contributed by atoms with Crippen LogP contribution in [-0.4, -0.2) is 38.9 Å². The molecule has 0 bridgehead atoms. The van der Waals surface area contributed by atoms with E-state index in [1.807, 2.05) is 0 Å². The molecule has 1 aliphatic heterocycles. The van der Waals surface area contributed by atoms with Crippen molar-refractivity contribution in [2.75, 3.05) is 31.1 Å². The van der Waals surface area contributed by atoms with Crippen molar-refractivity contribution in [3.05, 3.63) is 58.9 Å². The Kier molecular flexibility index (Phi) is 4.84. The molecule has 0 radical (unpaired) electrons. The van der Waals surface area contributed by atoms with Gasteiger partial charge in [-0.3, -0.25) is 0 Å². The van der Waals surface area contributed by atoms with Crippen LogP contribution in [0, 0.1) is 26.6 Å². The fourth-order valence-corrected chi connectivity index (χ4v) is 4.88. The van der Waals surface area contributed by atoms with Crippen LogP contribution in [0.5, 0.6) is 0 Å². The van der Waals surface area contributed by atoms with Gasteiger partial charge < -0.3 is 4.90 Å². The van der Waals surface area contributed by atoms with Crippen LogP contribution in [0.15, 0.2) is 41.3 Å². The van der Waals surface area contributed by atoms with E-state index in [0.29, 0.717) is 31.7 Å². The number of halogens is 1. The molecule has 1 heterocycles. The van der Waals surface area contributed by atoms with Gasteiger partial charge in [-0.1, -0.05) is 18.2 Å². The van der Waals surface area contributed by atoms with E-state index in [4.69, 9.17) is 0 Å². The van der Waals surface area contributed by atoms with Gasteiger partial charge in [-0.2, -0.15) is 4.31 Å². The van der Waals surface area contributed by atoms with Crippen molar-refractivity contribution < 1.29 is 12.8 Å². The lowest BCUT2D eigenvalue weighted by Crippen LogP contribution is -2.49. The highest BCUT2D eigenvalue weighted by atomic mass is 32.2. The van der Waals surface area contributed by atoms with E-state index in [9.17, 15) is 12.8 Å². The summed E-state index contributed by atoms with van der Waals surface area (Å²) in [6, 6.07) is 10.2. The van der Waals surface area contributed by atoms with Gasteiger partial charge in [0.1, 0.15) is 5.82 Å². The zero-order valence-electron chi connectivity index (χ0n) is 14.8. The molecular formula is C19H23FN2O2S. The normalized spacial score (nSPS) is 16.2. The number of benzene rings is 2. The first-order valence-electron chi connectivity index (χ1n) is 8.37. The van der Waals surface area contributed by atoms with Gasteiger partial charge in [0.15, 0.2) is 0 Å². The van der Waals surface area contributed by atoms with Crippen molar-refractivity contribution in [3.8, 4) is 0 Å². The van der Waals surface area contributed by atoms with Gasteiger partial charge in [0, 0.05) is 31.9 Å². The molecule has 1 aliphatic rings. The summed E-state index contributed by atoms with van der Waals surface area (Å²) in [4.78, 5) is 2.28. The van der Waals surface area contributed by atoms with Gasteiger partial charge in [0.2, 0.25) is 10.0 Å². The SMILES string of the molecule is Cc1ccc(C)c(N2CCN(S(=O)(=O)c3cc(F)ccc3C)CC2)c1. The summed E-state index contributed by atoms with van der Waals surface area (Å²) in [6.07, 6.45) is 0. The molecule has 0 amide bonds. The summed E-state index contributed by atoms with van der Waals surface area (Å²) in [5.74, 6) is -0.529. The van der Waals surface area contributed by atoms with E-state index >= 15 is 0 Å². The molecule has 1 saturated heterocycles. The fourth-order valence-electron chi connectivity index (χ4n) is 3.22. The third-order valence-corrected chi connectivity index (χ3v) is 6.75. The van der Waals surface area contributed by atoms with Crippen molar-refractivity contribution in [3.63, 3.8) is 0 Å². The molecule has 0 unspecified atom stereocenters. The molecule has 0 aliphatic carbocycles. The van der Waals surface area contributed by atoms with Crippen LogP contribution in [0.25, 0.3) is 0 Å². The number of aryl methyl sites for hydroxylation is 3. The van der Waals surface area contributed by atoms with Crippen LogP contribution in [0.1, 0.15) is 16.7 Å². The Morgan fingerprint density at radius 1 is 0.880 bits per heavy atom. The van der Waals surface area contributed by atoms with Crippen LogP contribution < -0.4 is 4.90 Å². The monoisotopic (exact) mass is 362 g/mol. The van der Waals surface area contributed by atoms with Crippen molar-refractivity contribution in [2.45, 2.75) is 25.7 Å². The van der Waals surface area contributed by atoms with Crippen LogP contribution in [0.2, 0.25) is 0 Å². The van der Waals surface area contributed by atoms with E-state index in [2.05, 4.69) is 36.9 Å². The van der Waals surface area contributed by atoms with Gasteiger partial charge in [0.25, 0.3) is 0 Å². The maximum atomic E-state index is 13.5. The Hall–Kier alpha value is -1.92. The summed E-state index contributed by atoms with van der Waals surface area (Å²) in [6.45, 7) is 7.84. The minimum Gasteiger partial charge on any atom is -0.369 e. The average molecular weight is 362 g/mol. The summed E-state index contributed by atoms with van der Waals surface area (Å²) in [7, 11) is -3.67. The quantitative estimate of drug-likeness (QED) is 0.841. The first kappa shape index (κ1) is 17.9. The molecule has 0 saturated carbocycles. The van der Waals surface area contributed by atoms with Gasteiger partial charge in [-0.25, -0.2) is 12.8 Å². The topological polar surface area (TPSA) is 40.6 Å². The highest BCUT2D eigenvalue weighted by Gasteiger charge is 2.30. The Labute approximate surface area is 148 Å². The Morgan fingerprint density at radius 2 is 1.52 bits per heavy atom. The molecule has 3 rings (SSSR count). The number of nitrogens with zero attached hydrogens (tertiary/aromatic N) is 2. The molecule has 4 nitrogen and oxygen atoms in total. The maximum absolute atomic E-state index is 13.5. The molecule has 0 spiro atoms. The van der Waals surface area contributed by atoms with Gasteiger partial charge >= 0.3 is 0 Å². The summed E-state index contributed by atoms with van der Waals surface area (Å²) < 4.78 is 40.7. The van der Waals surface area contributed by atoms with Crippen molar-refractivity contribution in [1.82, 2.24) is 4.31 Å². The van der Waals surface area contributed by atoms with E-state index in [0.717, 1.165) is 11.8 Å². The molecular weight excluding hydrogens is 339 g/mol. The number of anilines is 1. The first-order valence-corrected chi connectivity index (χ1v) is 9.81. The molecule has 6 heteroatoms. The number of rotatable bonds is 3. The number of sulfonamides is 1. The fraction of sp³-hybridized carbons (Fsp3) is 0.368. The van der Waals surface area contributed by atoms with Gasteiger partial charge in [0.05, 0.1) is 4.90 Å². The highest BCUT2D eigenvalue weighted by Crippen LogP contribution is 2.26. The molecule has 25 heavy (non-hydrogen) atoms. The van der Waals surface area contributed by atoms with E-state index < -0.39 is 15.8 Å². The van der Waals surface area contributed by atoms with Crippen molar-refractivity contribution >= 4 is 15.7 Å². The molecule has 2 aromatic rings. The lowest BCUT2D eigenvalue weighted by Gasteiger charge is -2.36. The molecule has 1 fully saturated rings. The Balaban J connectivity index is 1.80. The standard InChI is InChI=1S/C19H23FN2O2S/c1-14-4-5-15(2)18(12-14)21-8-10-22(11-9-21)25(23,24)19-13-17(20)7-6-16(19)3/h4-7,12-13H,8-11H2,1-3H3. The summed E-state index contributed by atoms with van der Waals surface area (Å²) in [5.41, 5.74) is 4.09. The largest absolute Gasteiger partial charge is 0.369 e. The first-order chi connectivity index (χ1) is 11.8. The minimum absolute atomic E-state index is 0.0627. The number of piperazine rings is 1. The second-order valence-electron chi connectivity index (χ2n) is 6.59. The van der Waals surface area contributed by atoms with Crippen molar-refractivity contribution in [1.29, 1.82) is 0 Å². The minimum atomic E-state index is -3.67. The number of hydrogen-bond acceptors (Lipinski definition) is 3. The highest BCUT2D eigenvalue weighted by molar-refractivity contribution is 7.89. The number of hydrogen-bond donors (Lipinski definition) is 0. The van der Waals surface area contributed by atoms with Crippen LogP contribution in [-0.2, 0) is 10.0 Å². The van der Waals surface area contributed by atoms with E-state index in [1.54, 1.807) is 6.92 Å². The van der Waals surface area contributed by atoms with Crippen LogP contribution in [0.3, 0.4) is 0 Å². The second kappa shape index (κ2) is 6.77. The van der Waals surface area contributed by atoms with Crippen LogP contribution >= 0.6 is 0 Å². The Bertz CT molecular complexity index is 888. The third-order valence-electron chi connectivity index (χ3n) is 4.71. The Morgan fingerprint density at radius 3 is 2.20 bits per heavy atom. The van der Waals surface area contributed by atoms with E-state index in [-0.39, 0.29) is 4.90 Å². The molecule has 0 aromatic heterocycles. The van der Waals surface area contributed by atoms with Gasteiger partial charge in [-0.15, -0.1) is 0 Å². The van der Waals surface area contributed by atoms with Crippen LogP contribution in [0.4, 0.5) is 10.1 Å².